The summed E-state index contributed by atoms with van der Waals surface area (Å²) in [4.78, 5) is 4.31. The van der Waals surface area contributed by atoms with E-state index in [1.807, 2.05) is 36.4 Å². The third-order valence-electron chi connectivity index (χ3n) is 3.07. The predicted octanol–water partition coefficient (Wildman–Crippen LogP) is 3.04. The summed E-state index contributed by atoms with van der Waals surface area (Å²) in [5.74, 6) is 1.27. The number of aliphatic hydroxyl groups is 1. The highest BCUT2D eigenvalue weighted by Gasteiger charge is 2.12. The third-order valence-corrected chi connectivity index (χ3v) is 3.07. The maximum absolute atomic E-state index is 9.16. The van der Waals surface area contributed by atoms with Gasteiger partial charge in [0.25, 0.3) is 0 Å². The van der Waals surface area contributed by atoms with Gasteiger partial charge in [-0.25, -0.2) is 4.98 Å². The van der Waals surface area contributed by atoms with E-state index in [1.165, 1.54) is 0 Å². The molecule has 0 saturated carbocycles. The zero-order chi connectivity index (χ0) is 14.4. The van der Waals surface area contributed by atoms with Crippen LogP contribution in [0.5, 0.6) is 11.6 Å². The molecule has 1 unspecified atom stereocenters. The van der Waals surface area contributed by atoms with Crippen LogP contribution < -0.4 is 10.1 Å². The van der Waals surface area contributed by atoms with Crippen LogP contribution in [0.25, 0.3) is 0 Å². The van der Waals surface area contributed by atoms with Crippen molar-refractivity contribution >= 4 is 0 Å². The first-order chi connectivity index (χ1) is 9.74. The topological polar surface area (TPSA) is 54.4 Å². The molecule has 106 valence electrons. The summed E-state index contributed by atoms with van der Waals surface area (Å²) in [5, 5.41) is 12.5. The maximum Gasteiger partial charge on any atom is 0.223 e. The second-order valence-corrected chi connectivity index (χ2v) is 4.58. The second kappa shape index (κ2) is 7.03. The van der Waals surface area contributed by atoms with Crippen molar-refractivity contribution in [3.05, 3.63) is 53.7 Å². The quantitative estimate of drug-likeness (QED) is 0.848. The lowest BCUT2D eigenvalue weighted by Crippen LogP contribution is -2.18. The van der Waals surface area contributed by atoms with E-state index in [0.717, 1.165) is 17.7 Å². The molecular weight excluding hydrogens is 252 g/mol. The molecule has 2 N–H and O–H groups in total. The molecule has 4 nitrogen and oxygen atoms in total. The fourth-order valence-corrected chi connectivity index (χ4v) is 2.05. The summed E-state index contributed by atoms with van der Waals surface area (Å²) in [6, 6.07) is 11.5. The molecule has 0 bridgehead atoms. The number of hydrogen-bond acceptors (Lipinski definition) is 4. The van der Waals surface area contributed by atoms with Crippen molar-refractivity contribution < 1.29 is 9.84 Å². The highest BCUT2D eigenvalue weighted by Crippen LogP contribution is 2.27. The van der Waals surface area contributed by atoms with Crippen LogP contribution in [-0.4, -0.2) is 16.6 Å². The van der Waals surface area contributed by atoms with Crippen molar-refractivity contribution in [2.24, 2.45) is 0 Å². The van der Waals surface area contributed by atoms with Crippen LogP contribution in [0.3, 0.4) is 0 Å². The summed E-state index contributed by atoms with van der Waals surface area (Å²) in [5.41, 5.74) is 1.84. The van der Waals surface area contributed by atoms with Crippen molar-refractivity contribution in [3.63, 3.8) is 0 Å². The first kappa shape index (κ1) is 14.5. The summed E-state index contributed by atoms with van der Waals surface area (Å²) >= 11 is 0. The Labute approximate surface area is 119 Å². The Morgan fingerprint density at radius 1 is 1.30 bits per heavy atom. The molecule has 1 heterocycles. The first-order valence-corrected chi connectivity index (χ1v) is 6.80. The molecule has 1 atom stereocenters. The normalized spacial score (nSPS) is 12.2. The van der Waals surface area contributed by atoms with Gasteiger partial charge in [0.15, 0.2) is 0 Å². The fourth-order valence-electron chi connectivity index (χ4n) is 2.05. The average Bonchev–Trinajstić information content (AvgIpc) is 2.48. The van der Waals surface area contributed by atoms with Gasteiger partial charge in [0, 0.05) is 17.8 Å². The van der Waals surface area contributed by atoms with Crippen LogP contribution in [0.4, 0.5) is 0 Å². The van der Waals surface area contributed by atoms with Gasteiger partial charge in [0.05, 0.1) is 6.61 Å². The Morgan fingerprint density at radius 3 is 2.90 bits per heavy atom. The molecule has 0 aliphatic heterocycles. The highest BCUT2D eigenvalue weighted by molar-refractivity contribution is 5.35. The number of rotatable bonds is 6. The lowest BCUT2D eigenvalue weighted by atomic mass is 10.1. The van der Waals surface area contributed by atoms with Gasteiger partial charge in [-0.05, 0) is 37.2 Å². The van der Waals surface area contributed by atoms with Gasteiger partial charge < -0.3 is 15.2 Å². The molecule has 0 radical (unpaired) electrons. The number of aliphatic hydroxyl groups excluding tert-OH is 1. The zero-order valence-electron chi connectivity index (χ0n) is 11.8. The minimum Gasteiger partial charge on any atom is -0.439 e. The zero-order valence-corrected chi connectivity index (χ0v) is 11.8. The Balaban J connectivity index is 2.24. The van der Waals surface area contributed by atoms with Crippen molar-refractivity contribution in [1.82, 2.24) is 10.3 Å². The number of hydrogen-bond donors (Lipinski definition) is 2. The highest BCUT2D eigenvalue weighted by atomic mass is 16.5. The average molecular weight is 272 g/mol. The van der Waals surface area contributed by atoms with E-state index >= 15 is 0 Å². The molecule has 20 heavy (non-hydrogen) atoms. The molecule has 0 amide bonds. The number of pyridine rings is 1. The molecule has 1 aromatic heterocycles. The van der Waals surface area contributed by atoms with E-state index in [1.54, 1.807) is 6.20 Å². The number of nitrogens with zero attached hydrogens (tertiary/aromatic N) is 1. The number of ether oxygens (including phenoxy) is 1. The van der Waals surface area contributed by atoms with Crippen molar-refractivity contribution in [2.75, 3.05) is 6.54 Å². The monoisotopic (exact) mass is 272 g/mol. The standard InChI is InChI=1S/C16H20N2O2/c1-3-17-12(2)15-8-5-9-18-16(15)20-14-7-4-6-13(10-14)11-19/h4-10,12,17,19H,3,11H2,1-2H3. The van der Waals surface area contributed by atoms with Crippen LogP contribution in [0.2, 0.25) is 0 Å². The summed E-state index contributed by atoms with van der Waals surface area (Å²) < 4.78 is 5.86. The van der Waals surface area contributed by atoms with Gasteiger partial charge in [0.1, 0.15) is 5.75 Å². The van der Waals surface area contributed by atoms with Gasteiger partial charge in [-0.2, -0.15) is 0 Å². The third kappa shape index (κ3) is 3.56. The molecular formula is C16H20N2O2. The predicted molar refractivity (Wildman–Crippen MR) is 78.8 cm³/mol. The molecule has 2 aromatic rings. The summed E-state index contributed by atoms with van der Waals surface area (Å²) in [6.07, 6.45) is 1.72. The number of benzene rings is 1. The van der Waals surface area contributed by atoms with E-state index in [0.29, 0.717) is 11.6 Å². The maximum atomic E-state index is 9.16. The van der Waals surface area contributed by atoms with E-state index in [2.05, 4.69) is 24.1 Å². The molecule has 0 fully saturated rings. The van der Waals surface area contributed by atoms with Gasteiger partial charge in [-0.1, -0.05) is 25.1 Å². The Hall–Kier alpha value is -1.91. The first-order valence-electron chi connectivity index (χ1n) is 6.80. The molecule has 0 aliphatic carbocycles. The molecule has 1 aromatic carbocycles. The SMILES string of the molecule is CCNC(C)c1cccnc1Oc1cccc(CO)c1. The van der Waals surface area contributed by atoms with Gasteiger partial charge in [-0.15, -0.1) is 0 Å². The van der Waals surface area contributed by atoms with Crippen LogP contribution in [0.15, 0.2) is 42.6 Å². The van der Waals surface area contributed by atoms with E-state index < -0.39 is 0 Å². The summed E-state index contributed by atoms with van der Waals surface area (Å²) in [7, 11) is 0. The van der Waals surface area contributed by atoms with Gasteiger partial charge >= 0.3 is 0 Å². The van der Waals surface area contributed by atoms with Crippen molar-refractivity contribution in [1.29, 1.82) is 0 Å². The van der Waals surface area contributed by atoms with Gasteiger partial charge in [0.2, 0.25) is 5.88 Å². The van der Waals surface area contributed by atoms with Crippen molar-refractivity contribution in [2.45, 2.75) is 26.5 Å². The summed E-state index contributed by atoms with van der Waals surface area (Å²) in [6.45, 7) is 5.03. The second-order valence-electron chi connectivity index (χ2n) is 4.58. The Morgan fingerprint density at radius 2 is 2.15 bits per heavy atom. The minimum atomic E-state index is 0.0000679. The molecule has 0 aliphatic rings. The van der Waals surface area contributed by atoms with E-state index in [9.17, 15) is 0 Å². The number of aromatic nitrogens is 1. The molecule has 2 rings (SSSR count). The smallest absolute Gasteiger partial charge is 0.223 e. The van der Waals surface area contributed by atoms with Crippen LogP contribution in [-0.2, 0) is 6.61 Å². The lowest BCUT2D eigenvalue weighted by molar-refractivity contribution is 0.281. The van der Waals surface area contributed by atoms with E-state index in [4.69, 9.17) is 9.84 Å². The van der Waals surface area contributed by atoms with Crippen LogP contribution >= 0.6 is 0 Å². The van der Waals surface area contributed by atoms with Gasteiger partial charge in [-0.3, -0.25) is 0 Å². The lowest BCUT2D eigenvalue weighted by Gasteiger charge is -2.16. The molecule has 4 heteroatoms. The molecule has 0 saturated heterocycles. The van der Waals surface area contributed by atoms with Crippen molar-refractivity contribution in [3.8, 4) is 11.6 Å². The Bertz CT molecular complexity index is 558. The number of nitrogens with one attached hydrogen (secondary N) is 1. The minimum absolute atomic E-state index is 0.0000679. The fraction of sp³-hybridized carbons (Fsp3) is 0.312. The largest absolute Gasteiger partial charge is 0.439 e. The van der Waals surface area contributed by atoms with Crippen LogP contribution in [0, 0.1) is 0 Å². The van der Waals surface area contributed by atoms with Crippen LogP contribution in [0.1, 0.15) is 31.0 Å². The Kier molecular flexibility index (Phi) is 5.09. The molecule has 0 spiro atoms. The van der Waals surface area contributed by atoms with E-state index in [-0.39, 0.29) is 12.6 Å².